The number of aliphatic hydroxyl groups is 2. The van der Waals surface area contributed by atoms with Gasteiger partial charge in [0, 0.05) is 25.6 Å². The van der Waals surface area contributed by atoms with E-state index in [0.717, 1.165) is 32.2 Å². The standard InChI is InChI=1S/C17H31N3O5/c1-20(2)8-7-18-14(21)9-12-15(22)16(23)13(25-12)10-19-17(24)11-5-3-4-6-11/h11-13,15-16,22-23H,3-10H2,1-2H3,(H,18,21)(H,19,24). The van der Waals surface area contributed by atoms with E-state index in [2.05, 4.69) is 10.6 Å². The summed E-state index contributed by atoms with van der Waals surface area (Å²) in [5.41, 5.74) is 0. The van der Waals surface area contributed by atoms with Crippen LogP contribution in [0.15, 0.2) is 0 Å². The van der Waals surface area contributed by atoms with Crippen molar-refractivity contribution in [1.82, 2.24) is 15.5 Å². The van der Waals surface area contributed by atoms with Crippen LogP contribution in [0.4, 0.5) is 0 Å². The molecule has 1 aliphatic carbocycles. The Morgan fingerprint density at radius 1 is 1.08 bits per heavy atom. The SMILES string of the molecule is CN(C)CCNC(=O)CC1OC(CNC(=O)C2CCCC2)C(O)C1O. The Bertz CT molecular complexity index is 454. The average Bonchev–Trinajstić information content (AvgIpc) is 3.17. The van der Waals surface area contributed by atoms with Gasteiger partial charge in [0.15, 0.2) is 0 Å². The van der Waals surface area contributed by atoms with Crippen LogP contribution in [0.1, 0.15) is 32.1 Å². The molecule has 8 nitrogen and oxygen atoms in total. The fourth-order valence-corrected chi connectivity index (χ4v) is 3.37. The highest BCUT2D eigenvalue weighted by atomic mass is 16.5. The van der Waals surface area contributed by atoms with E-state index in [-0.39, 0.29) is 30.7 Å². The highest BCUT2D eigenvalue weighted by Crippen LogP contribution is 2.26. The lowest BCUT2D eigenvalue weighted by Crippen LogP contribution is -2.41. The van der Waals surface area contributed by atoms with Gasteiger partial charge in [-0.1, -0.05) is 12.8 Å². The van der Waals surface area contributed by atoms with Gasteiger partial charge in [0.1, 0.15) is 18.3 Å². The quantitative estimate of drug-likeness (QED) is 0.437. The van der Waals surface area contributed by atoms with E-state index in [9.17, 15) is 19.8 Å². The van der Waals surface area contributed by atoms with Crippen LogP contribution < -0.4 is 10.6 Å². The molecule has 2 aliphatic rings. The van der Waals surface area contributed by atoms with E-state index in [1.807, 2.05) is 19.0 Å². The number of carbonyl (C=O) groups is 2. The van der Waals surface area contributed by atoms with E-state index in [1.165, 1.54) is 0 Å². The van der Waals surface area contributed by atoms with Crippen molar-refractivity contribution in [3.05, 3.63) is 0 Å². The number of likely N-dealkylation sites (N-methyl/N-ethyl adjacent to an activating group) is 1. The van der Waals surface area contributed by atoms with E-state index in [0.29, 0.717) is 6.54 Å². The summed E-state index contributed by atoms with van der Waals surface area (Å²) < 4.78 is 5.61. The van der Waals surface area contributed by atoms with Crippen molar-refractivity contribution in [3.63, 3.8) is 0 Å². The molecule has 0 spiro atoms. The average molecular weight is 357 g/mol. The maximum Gasteiger partial charge on any atom is 0.223 e. The molecule has 2 amide bonds. The Morgan fingerprint density at radius 2 is 1.72 bits per heavy atom. The summed E-state index contributed by atoms with van der Waals surface area (Å²) in [6.07, 6.45) is 0.239. The monoisotopic (exact) mass is 357 g/mol. The third-order valence-electron chi connectivity index (χ3n) is 4.93. The molecule has 0 aromatic rings. The highest BCUT2D eigenvalue weighted by Gasteiger charge is 2.43. The van der Waals surface area contributed by atoms with Gasteiger partial charge in [-0.3, -0.25) is 9.59 Å². The molecule has 1 saturated heterocycles. The molecule has 1 saturated carbocycles. The fraction of sp³-hybridized carbons (Fsp3) is 0.882. The number of aliphatic hydroxyl groups excluding tert-OH is 2. The van der Waals surface area contributed by atoms with Crippen molar-refractivity contribution in [1.29, 1.82) is 0 Å². The normalized spacial score (nSPS) is 30.0. The summed E-state index contributed by atoms with van der Waals surface area (Å²) in [4.78, 5) is 25.9. The second-order valence-electron chi connectivity index (χ2n) is 7.28. The first-order valence-corrected chi connectivity index (χ1v) is 9.09. The number of rotatable bonds is 8. The van der Waals surface area contributed by atoms with Gasteiger partial charge in [0.25, 0.3) is 0 Å². The maximum absolute atomic E-state index is 12.0. The van der Waals surface area contributed by atoms with Crippen LogP contribution in [0, 0.1) is 5.92 Å². The van der Waals surface area contributed by atoms with Crippen molar-refractivity contribution in [3.8, 4) is 0 Å². The van der Waals surface area contributed by atoms with Crippen molar-refractivity contribution in [2.24, 2.45) is 5.92 Å². The molecule has 2 rings (SSSR count). The molecule has 0 aromatic carbocycles. The highest BCUT2D eigenvalue weighted by molar-refractivity contribution is 5.79. The molecule has 2 fully saturated rings. The van der Waals surface area contributed by atoms with Crippen LogP contribution in [-0.4, -0.2) is 85.1 Å². The summed E-state index contributed by atoms with van der Waals surface area (Å²) in [6, 6.07) is 0. The molecule has 0 bridgehead atoms. The molecule has 1 heterocycles. The minimum atomic E-state index is -1.13. The molecule has 25 heavy (non-hydrogen) atoms. The molecular formula is C17H31N3O5. The third-order valence-corrected chi connectivity index (χ3v) is 4.93. The van der Waals surface area contributed by atoms with E-state index < -0.39 is 24.4 Å². The zero-order valence-electron chi connectivity index (χ0n) is 15.1. The zero-order chi connectivity index (χ0) is 18.4. The number of nitrogens with one attached hydrogen (secondary N) is 2. The lowest BCUT2D eigenvalue weighted by molar-refractivity contribution is -0.127. The van der Waals surface area contributed by atoms with Gasteiger partial charge >= 0.3 is 0 Å². The number of hydrogen-bond donors (Lipinski definition) is 4. The summed E-state index contributed by atoms with van der Waals surface area (Å²) in [5.74, 6) is -0.205. The Labute approximate surface area is 148 Å². The van der Waals surface area contributed by atoms with Crippen molar-refractivity contribution < 1.29 is 24.5 Å². The first kappa shape index (κ1) is 20.1. The molecule has 0 aromatic heterocycles. The fourth-order valence-electron chi connectivity index (χ4n) is 3.37. The first-order chi connectivity index (χ1) is 11.9. The first-order valence-electron chi connectivity index (χ1n) is 9.09. The largest absolute Gasteiger partial charge is 0.388 e. The number of ether oxygens (including phenoxy) is 1. The minimum absolute atomic E-state index is 0.0152. The zero-order valence-corrected chi connectivity index (χ0v) is 15.1. The number of carbonyl (C=O) groups excluding carboxylic acids is 2. The molecule has 1 aliphatic heterocycles. The maximum atomic E-state index is 12.0. The van der Waals surface area contributed by atoms with Crippen molar-refractivity contribution in [2.45, 2.75) is 56.5 Å². The van der Waals surface area contributed by atoms with Crippen molar-refractivity contribution in [2.75, 3.05) is 33.7 Å². The van der Waals surface area contributed by atoms with Gasteiger partial charge in [0.05, 0.1) is 12.5 Å². The molecule has 8 heteroatoms. The molecular weight excluding hydrogens is 326 g/mol. The molecule has 144 valence electrons. The smallest absolute Gasteiger partial charge is 0.223 e. The van der Waals surface area contributed by atoms with Crippen LogP contribution in [0.3, 0.4) is 0 Å². The van der Waals surface area contributed by atoms with Crippen LogP contribution in [-0.2, 0) is 14.3 Å². The van der Waals surface area contributed by atoms with E-state index >= 15 is 0 Å². The van der Waals surface area contributed by atoms with E-state index in [1.54, 1.807) is 0 Å². The molecule has 4 unspecified atom stereocenters. The van der Waals surface area contributed by atoms with Gasteiger partial charge in [-0.05, 0) is 26.9 Å². The summed E-state index contributed by atoms with van der Waals surface area (Å²) >= 11 is 0. The molecule has 4 N–H and O–H groups in total. The van der Waals surface area contributed by atoms with Gasteiger partial charge in [0.2, 0.25) is 11.8 Å². The molecule has 4 atom stereocenters. The minimum Gasteiger partial charge on any atom is -0.388 e. The topological polar surface area (TPSA) is 111 Å². The third kappa shape index (κ3) is 5.91. The second-order valence-corrected chi connectivity index (χ2v) is 7.28. The Balaban J connectivity index is 1.73. The number of nitrogens with zero attached hydrogens (tertiary/aromatic N) is 1. The predicted molar refractivity (Wildman–Crippen MR) is 91.8 cm³/mol. The van der Waals surface area contributed by atoms with Gasteiger partial charge in [-0.25, -0.2) is 0 Å². The van der Waals surface area contributed by atoms with Gasteiger partial charge in [-0.2, -0.15) is 0 Å². The second kappa shape index (κ2) is 9.47. The molecule has 0 radical (unpaired) electrons. The van der Waals surface area contributed by atoms with Crippen molar-refractivity contribution >= 4 is 11.8 Å². The Kier molecular flexibility index (Phi) is 7.61. The lowest BCUT2D eigenvalue weighted by atomic mass is 10.0. The van der Waals surface area contributed by atoms with Gasteiger partial charge < -0.3 is 30.5 Å². The number of hydrogen-bond acceptors (Lipinski definition) is 6. The predicted octanol–water partition coefficient (Wildman–Crippen LogP) is -1.15. The van der Waals surface area contributed by atoms with Crippen LogP contribution in [0.2, 0.25) is 0 Å². The lowest BCUT2D eigenvalue weighted by Gasteiger charge is -2.17. The van der Waals surface area contributed by atoms with Gasteiger partial charge in [-0.15, -0.1) is 0 Å². The van der Waals surface area contributed by atoms with Crippen LogP contribution >= 0.6 is 0 Å². The summed E-state index contributed by atoms with van der Waals surface area (Å²) in [6.45, 7) is 1.38. The van der Waals surface area contributed by atoms with Crippen LogP contribution in [0.25, 0.3) is 0 Å². The summed E-state index contributed by atoms with van der Waals surface area (Å²) in [7, 11) is 3.83. The Morgan fingerprint density at radius 3 is 2.36 bits per heavy atom. The number of amides is 2. The van der Waals surface area contributed by atoms with Crippen LogP contribution in [0.5, 0.6) is 0 Å². The Hall–Kier alpha value is -1.22. The summed E-state index contributed by atoms with van der Waals surface area (Å²) in [5, 5.41) is 25.7. The van der Waals surface area contributed by atoms with E-state index in [4.69, 9.17) is 4.74 Å².